The van der Waals surface area contributed by atoms with Crippen LogP contribution in [-0.4, -0.2) is 12.0 Å². The molecule has 0 aromatic heterocycles. The number of methoxy groups -OCH3 is 1. The van der Waals surface area contributed by atoms with Crippen molar-refractivity contribution in [2.75, 3.05) is 7.11 Å². The largest absolute Gasteiger partial charge is 0.497 e. The van der Waals surface area contributed by atoms with Gasteiger partial charge in [-0.3, -0.25) is 10.1 Å². The van der Waals surface area contributed by atoms with E-state index in [9.17, 15) is 10.1 Å². The van der Waals surface area contributed by atoms with Gasteiger partial charge in [-0.05, 0) is 47.5 Å². The second-order valence-corrected chi connectivity index (χ2v) is 7.28. The van der Waals surface area contributed by atoms with Gasteiger partial charge in [-0.2, -0.15) is 5.26 Å². The number of para-hydroxylation sites is 1. The van der Waals surface area contributed by atoms with Gasteiger partial charge in [0.25, 0.3) is 5.69 Å². The highest BCUT2D eigenvalue weighted by atomic mass is 16.6. The van der Waals surface area contributed by atoms with Crippen molar-refractivity contribution in [1.82, 2.24) is 0 Å². The number of ether oxygens (including phenoxy) is 2. The summed E-state index contributed by atoms with van der Waals surface area (Å²) in [6, 6.07) is 28.9. The quantitative estimate of drug-likeness (QED) is 0.248. The van der Waals surface area contributed by atoms with Crippen LogP contribution in [0.1, 0.15) is 11.1 Å². The van der Waals surface area contributed by atoms with E-state index in [1.165, 1.54) is 0 Å². The predicted octanol–water partition coefficient (Wildman–Crippen LogP) is 6.39. The summed E-state index contributed by atoms with van der Waals surface area (Å²) >= 11 is 0. The zero-order chi connectivity index (χ0) is 23.2. The molecule has 0 amide bonds. The predicted molar refractivity (Wildman–Crippen MR) is 126 cm³/mol. The van der Waals surface area contributed by atoms with Crippen LogP contribution in [0.5, 0.6) is 11.5 Å². The average Bonchev–Trinajstić information content (AvgIpc) is 2.87. The Labute approximate surface area is 191 Å². The first-order valence-corrected chi connectivity index (χ1v) is 10.2. The molecule has 0 aliphatic carbocycles. The fourth-order valence-electron chi connectivity index (χ4n) is 3.62. The lowest BCUT2D eigenvalue weighted by molar-refractivity contribution is -0.383. The maximum absolute atomic E-state index is 12.2. The molecule has 0 aliphatic heterocycles. The van der Waals surface area contributed by atoms with Crippen LogP contribution < -0.4 is 9.47 Å². The third-order valence-corrected chi connectivity index (χ3v) is 5.26. The lowest BCUT2D eigenvalue weighted by Crippen LogP contribution is -2.00. The molecule has 0 N–H and O–H groups in total. The summed E-state index contributed by atoms with van der Waals surface area (Å²) < 4.78 is 11.4. The van der Waals surface area contributed by atoms with Crippen molar-refractivity contribution < 1.29 is 14.4 Å². The number of benzene rings is 4. The van der Waals surface area contributed by atoms with Crippen LogP contribution in [0.15, 0.2) is 91.0 Å². The Bertz CT molecular complexity index is 1330. The van der Waals surface area contributed by atoms with E-state index in [0.29, 0.717) is 45.9 Å². The number of hydrogen-bond donors (Lipinski definition) is 0. The highest BCUT2D eigenvalue weighted by Crippen LogP contribution is 2.43. The SMILES string of the molecule is COc1ccc(-c2cccc(-c3ccc(C#N)cc3)c2[N+](=O)[O-])c(OCc2ccccc2)c1. The van der Waals surface area contributed by atoms with E-state index in [1.54, 1.807) is 67.8 Å². The molecule has 0 atom stereocenters. The van der Waals surface area contributed by atoms with Gasteiger partial charge in [-0.1, -0.05) is 48.5 Å². The van der Waals surface area contributed by atoms with Gasteiger partial charge in [0.1, 0.15) is 18.1 Å². The molecule has 6 heteroatoms. The van der Waals surface area contributed by atoms with Crippen LogP contribution in [-0.2, 0) is 6.61 Å². The number of rotatable bonds is 7. The first-order chi connectivity index (χ1) is 16.1. The van der Waals surface area contributed by atoms with Crippen LogP contribution in [0.3, 0.4) is 0 Å². The van der Waals surface area contributed by atoms with E-state index in [4.69, 9.17) is 14.7 Å². The number of nitriles is 1. The van der Waals surface area contributed by atoms with Crippen molar-refractivity contribution in [3.63, 3.8) is 0 Å². The summed E-state index contributed by atoms with van der Waals surface area (Å²) in [7, 11) is 1.56. The van der Waals surface area contributed by atoms with Crippen molar-refractivity contribution in [2.24, 2.45) is 0 Å². The molecular formula is C27H20N2O4. The molecule has 0 saturated carbocycles. The van der Waals surface area contributed by atoms with Gasteiger partial charge in [-0.15, -0.1) is 0 Å². The molecule has 0 radical (unpaired) electrons. The van der Waals surface area contributed by atoms with Gasteiger partial charge in [0.05, 0.1) is 34.8 Å². The van der Waals surface area contributed by atoms with Crippen molar-refractivity contribution >= 4 is 5.69 Å². The summed E-state index contributed by atoms with van der Waals surface area (Å²) in [6.07, 6.45) is 0. The number of nitrogens with zero attached hydrogens (tertiary/aromatic N) is 2. The van der Waals surface area contributed by atoms with Crippen LogP contribution in [0.2, 0.25) is 0 Å². The molecule has 162 valence electrons. The Morgan fingerprint density at radius 3 is 2.27 bits per heavy atom. The molecule has 0 bridgehead atoms. The van der Waals surface area contributed by atoms with Gasteiger partial charge in [0, 0.05) is 11.6 Å². The highest BCUT2D eigenvalue weighted by molar-refractivity contribution is 5.88. The fourth-order valence-corrected chi connectivity index (χ4v) is 3.62. The van der Waals surface area contributed by atoms with E-state index in [2.05, 4.69) is 6.07 Å². The monoisotopic (exact) mass is 436 g/mol. The molecule has 0 saturated heterocycles. The first kappa shape index (κ1) is 21.6. The standard InChI is InChI=1S/C27H20N2O4/c1-32-22-14-15-24(26(16-22)33-18-20-6-3-2-4-7-20)25-9-5-8-23(27(25)29(30)31)21-12-10-19(17-28)11-13-21/h2-16H,18H2,1H3. The molecule has 6 nitrogen and oxygen atoms in total. The van der Waals surface area contributed by atoms with Crippen molar-refractivity contribution in [1.29, 1.82) is 5.26 Å². The normalized spacial score (nSPS) is 10.3. The van der Waals surface area contributed by atoms with Crippen molar-refractivity contribution in [3.8, 4) is 39.8 Å². The maximum atomic E-state index is 12.2. The third-order valence-electron chi connectivity index (χ3n) is 5.26. The zero-order valence-corrected chi connectivity index (χ0v) is 17.9. The Morgan fingerprint density at radius 2 is 1.61 bits per heavy atom. The summed E-state index contributed by atoms with van der Waals surface area (Å²) in [5.41, 5.74) is 3.59. The van der Waals surface area contributed by atoms with Gasteiger partial charge in [0.2, 0.25) is 0 Å². The van der Waals surface area contributed by atoms with Crippen molar-refractivity contribution in [3.05, 3.63) is 112 Å². The molecule has 0 unspecified atom stereocenters. The zero-order valence-electron chi connectivity index (χ0n) is 17.9. The van der Waals surface area contributed by atoms with Crippen LogP contribution in [0.25, 0.3) is 22.3 Å². The minimum Gasteiger partial charge on any atom is -0.497 e. The summed E-state index contributed by atoms with van der Waals surface area (Å²) in [4.78, 5) is 11.8. The number of hydrogen-bond acceptors (Lipinski definition) is 5. The molecular weight excluding hydrogens is 416 g/mol. The molecule has 0 heterocycles. The third kappa shape index (κ3) is 4.68. The fraction of sp³-hybridized carbons (Fsp3) is 0.0741. The molecule has 33 heavy (non-hydrogen) atoms. The minimum absolute atomic E-state index is 0.0306. The number of nitro groups is 1. The second kappa shape index (κ2) is 9.67. The second-order valence-electron chi connectivity index (χ2n) is 7.28. The molecule has 4 rings (SSSR count). The Kier molecular flexibility index (Phi) is 6.33. The van der Waals surface area contributed by atoms with E-state index in [-0.39, 0.29) is 10.6 Å². The molecule has 0 fully saturated rings. The van der Waals surface area contributed by atoms with Gasteiger partial charge < -0.3 is 9.47 Å². The van der Waals surface area contributed by atoms with Gasteiger partial charge >= 0.3 is 0 Å². The molecule has 4 aromatic rings. The maximum Gasteiger partial charge on any atom is 0.285 e. The smallest absolute Gasteiger partial charge is 0.285 e. The molecule has 0 spiro atoms. The van der Waals surface area contributed by atoms with E-state index < -0.39 is 0 Å². The Hall–Kier alpha value is -4.63. The number of nitro benzene ring substituents is 1. The van der Waals surface area contributed by atoms with Gasteiger partial charge in [-0.25, -0.2) is 0 Å². The van der Waals surface area contributed by atoms with Crippen molar-refractivity contribution in [2.45, 2.75) is 6.61 Å². The van der Waals surface area contributed by atoms with Crippen LogP contribution in [0.4, 0.5) is 5.69 Å². The summed E-state index contributed by atoms with van der Waals surface area (Å²) in [5, 5.41) is 21.3. The van der Waals surface area contributed by atoms with E-state index in [0.717, 1.165) is 5.56 Å². The van der Waals surface area contributed by atoms with Gasteiger partial charge in [0.15, 0.2) is 0 Å². The summed E-state index contributed by atoms with van der Waals surface area (Å²) in [5.74, 6) is 1.07. The summed E-state index contributed by atoms with van der Waals surface area (Å²) in [6.45, 7) is 0.310. The Morgan fingerprint density at radius 1 is 0.879 bits per heavy atom. The molecule has 4 aromatic carbocycles. The first-order valence-electron chi connectivity index (χ1n) is 10.2. The van der Waals surface area contributed by atoms with E-state index in [1.807, 2.05) is 30.3 Å². The average molecular weight is 436 g/mol. The minimum atomic E-state index is -0.381. The van der Waals surface area contributed by atoms with Crippen LogP contribution in [0, 0.1) is 21.4 Å². The van der Waals surface area contributed by atoms with E-state index >= 15 is 0 Å². The van der Waals surface area contributed by atoms with Crippen LogP contribution >= 0.6 is 0 Å². The Balaban J connectivity index is 1.82. The molecule has 0 aliphatic rings. The topological polar surface area (TPSA) is 85.4 Å². The highest BCUT2D eigenvalue weighted by Gasteiger charge is 2.24. The lowest BCUT2D eigenvalue weighted by atomic mass is 9.95. The lowest BCUT2D eigenvalue weighted by Gasteiger charge is -2.15.